The average Bonchev–Trinajstić information content (AvgIpc) is 3.02. The summed E-state index contributed by atoms with van der Waals surface area (Å²) in [5.41, 5.74) is -0.831. The van der Waals surface area contributed by atoms with Gasteiger partial charge in [-0.15, -0.1) is 5.10 Å². The van der Waals surface area contributed by atoms with E-state index in [9.17, 15) is 18.0 Å². The highest BCUT2D eigenvalue weighted by Crippen LogP contribution is 2.33. The Hall–Kier alpha value is -2.16. The second-order valence-corrected chi connectivity index (χ2v) is 5.82. The van der Waals surface area contributed by atoms with Gasteiger partial charge in [-0.3, -0.25) is 4.79 Å². The molecule has 0 radical (unpaired) electrons. The van der Waals surface area contributed by atoms with Gasteiger partial charge in [0, 0.05) is 12.1 Å². The maximum atomic E-state index is 12.8. The molecule has 0 aliphatic heterocycles. The van der Waals surface area contributed by atoms with Gasteiger partial charge in [0.2, 0.25) is 0 Å². The molecule has 6 nitrogen and oxygen atoms in total. The van der Waals surface area contributed by atoms with Gasteiger partial charge >= 0.3 is 12.1 Å². The molecule has 10 heteroatoms. The fourth-order valence-electron chi connectivity index (χ4n) is 2.24. The van der Waals surface area contributed by atoms with Crippen molar-refractivity contribution in [3.63, 3.8) is 0 Å². The van der Waals surface area contributed by atoms with Crippen LogP contribution in [0.1, 0.15) is 26.1 Å². The molecule has 1 atom stereocenters. The third-order valence-corrected chi connectivity index (χ3v) is 4.25. The number of benzene rings is 1. The van der Waals surface area contributed by atoms with Crippen LogP contribution in [0.4, 0.5) is 13.2 Å². The van der Waals surface area contributed by atoms with Crippen molar-refractivity contribution < 1.29 is 18.0 Å². The van der Waals surface area contributed by atoms with E-state index < -0.39 is 17.6 Å². The van der Waals surface area contributed by atoms with Gasteiger partial charge in [0.1, 0.15) is 5.54 Å². The molecule has 0 aliphatic rings. The lowest BCUT2D eigenvalue weighted by atomic mass is 9.95. The Balaban J connectivity index is 2.50. The Kier molecular flexibility index (Phi) is 4.84. The predicted molar refractivity (Wildman–Crippen MR) is 80.6 cm³/mol. The van der Waals surface area contributed by atoms with Crippen molar-refractivity contribution in [3.8, 4) is 5.69 Å². The lowest BCUT2D eigenvalue weighted by Gasteiger charge is -2.37. The van der Waals surface area contributed by atoms with Crippen molar-refractivity contribution in [2.24, 2.45) is 0 Å². The summed E-state index contributed by atoms with van der Waals surface area (Å²) in [6, 6.07) is 6.47. The van der Waals surface area contributed by atoms with E-state index in [0.29, 0.717) is 15.6 Å². The normalized spacial score (nSPS) is 14.3. The van der Waals surface area contributed by atoms with E-state index >= 15 is 0 Å². The number of aromatic nitrogens is 4. The predicted octanol–water partition coefficient (Wildman–Crippen LogP) is 2.96. The summed E-state index contributed by atoms with van der Waals surface area (Å²) in [6.45, 7) is 3.13. The molecule has 24 heavy (non-hydrogen) atoms. The Bertz CT molecular complexity index is 731. The lowest BCUT2D eigenvalue weighted by Crippen LogP contribution is -2.51. The van der Waals surface area contributed by atoms with Crippen molar-refractivity contribution in [1.82, 2.24) is 25.1 Å². The van der Waals surface area contributed by atoms with Crippen LogP contribution in [-0.2, 0) is 10.3 Å². The maximum Gasteiger partial charge on any atom is 0.471 e. The molecule has 0 spiro atoms. The fraction of sp³-hybridized carbons (Fsp3) is 0.429. The Morgan fingerprint density at radius 1 is 1.29 bits per heavy atom. The molecule has 0 N–H and O–H groups in total. The van der Waals surface area contributed by atoms with E-state index in [1.54, 1.807) is 31.2 Å². The van der Waals surface area contributed by atoms with Gasteiger partial charge in [-0.25, -0.2) is 0 Å². The third-order valence-electron chi connectivity index (χ3n) is 4.00. The van der Waals surface area contributed by atoms with E-state index in [1.807, 2.05) is 0 Å². The molecular formula is C14H15ClF3N5O. The van der Waals surface area contributed by atoms with Crippen molar-refractivity contribution >= 4 is 17.5 Å². The molecule has 0 fully saturated rings. The minimum Gasteiger partial charge on any atom is -0.325 e. The molecule has 1 aromatic carbocycles. The van der Waals surface area contributed by atoms with Crippen LogP contribution < -0.4 is 0 Å². The zero-order valence-electron chi connectivity index (χ0n) is 13.2. The Morgan fingerprint density at radius 3 is 2.38 bits per heavy atom. The topological polar surface area (TPSA) is 63.9 Å². The van der Waals surface area contributed by atoms with Gasteiger partial charge in [0.25, 0.3) is 0 Å². The van der Waals surface area contributed by atoms with Crippen LogP contribution >= 0.6 is 11.6 Å². The summed E-state index contributed by atoms with van der Waals surface area (Å²) in [4.78, 5) is 12.3. The van der Waals surface area contributed by atoms with Gasteiger partial charge < -0.3 is 4.90 Å². The minimum absolute atomic E-state index is 0.118. The lowest BCUT2D eigenvalue weighted by molar-refractivity contribution is -0.190. The molecule has 2 rings (SSSR count). The molecule has 130 valence electrons. The Morgan fingerprint density at radius 2 is 1.88 bits per heavy atom. The highest BCUT2D eigenvalue weighted by atomic mass is 35.5. The molecular weight excluding hydrogens is 347 g/mol. The van der Waals surface area contributed by atoms with Crippen LogP contribution in [0.25, 0.3) is 5.69 Å². The minimum atomic E-state index is -4.98. The van der Waals surface area contributed by atoms with E-state index in [4.69, 9.17) is 11.6 Å². The zero-order valence-corrected chi connectivity index (χ0v) is 13.9. The number of rotatable bonds is 4. The first-order valence-electron chi connectivity index (χ1n) is 7.01. The first-order valence-corrected chi connectivity index (χ1v) is 7.39. The largest absolute Gasteiger partial charge is 0.471 e. The number of amides is 1. The van der Waals surface area contributed by atoms with Crippen LogP contribution in [-0.4, -0.2) is 44.2 Å². The molecule has 0 bridgehead atoms. The number of carbonyl (C=O) groups excluding carboxylic acids is 1. The van der Waals surface area contributed by atoms with Gasteiger partial charge in [0.15, 0.2) is 5.82 Å². The van der Waals surface area contributed by atoms with Gasteiger partial charge in [-0.05, 0) is 48.0 Å². The molecule has 1 aromatic heterocycles. The summed E-state index contributed by atoms with van der Waals surface area (Å²) >= 11 is 5.83. The molecule has 2 aromatic rings. The van der Waals surface area contributed by atoms with Crippen LogP contribution in [0.15, 0.2) is 24.3 Å². The molecule has 0 unspecified atom stereocenters. The SMILES string of the molecule is CC[C@@](C)(c1nnnn1-c1ccc(Cl)cc1)N(C)C(=O)C(F)(F)F. The maximum absolute atomic E-state index is 12.8. The highest BCUT2D eigenvalue weighted by molar-refractivity contribution is 6.30. The number of alkyl halides is 3. The second kappa shape index (κ2) is 6.39. The van der Waals surface area contributed by atoms with Crippen molar-refractivity contribution in [3.05, 3.63) is 35.1 Å². The summed E-state index contributed by atoms with van der Waals surface area (Å²) in [6.07, 6.45) is -4.80. The standard InChI is InChI=1S/C14H15ClF3N5O/c1-4-13(2,22(3)12(24)14(16,17)18)11-19-20-21-23(11)10-7-5-9(15)6-8-10/h5-8H,4H2,1-3H3/t13-/m0/s1. The van der Waals surface area contributed by atoms with E-state index in [0.717, 1.165) is 7.05 Å². The zero-order chi connectivity index (χ0) is 18.1. The van der Waals surface area contributed by atoms with E-state index in [1.165, 1.54) is 11.6 Å². The van der Waals surface area contributed by atoms with Crippen molar-refractivity contribution in [1.29, 1.82) is 0 Å². The van der Waals surface area contributed by atoms with Gasteiger partial charge in [0.05, 0.1) is 5.69 Å². The number of carbonyl (C=O) groups is 1. The summed E-state index contributed by atoms with van der Waals surface area (Å²) in [7, 11) is 1.08. The molecule has 0 aliphatic carbocycles. The Labute approximate surface area is 141 Å². The highest BCUT2D eigenvalue weighted by Gasteiger charge is 2.48. The van der Waals surface area contributed by atoms with Crippen LogP contribution in [0.3, 0.4) is 0 Å². The number of hydrogen-bond acceptors (Lipinski definition) is 4. The fourth-order valence-corrected chi connectivity index (χ4v) is 2.36. The number of nitrogens with zero attached hydrogens (tertiary/aromatic N) is 5. The van der Waals surface area contributed by atoms with Crippen molar-refractivity contribution in [2.45, 2.75) is 32.0 Å². The summed E-state index contributed by atoms with van der Waals surface area (Å²) in [5.74, 6) is -1.84. The quantitative estimate of drug-likeness (QED) is 0.840. The average molecular weight is 362 g/mol. The third kappa shape index (κ3) is 3.21. The number of halogens is 4. The second-order valence-electron chi connectivity index (χ2n) is 5.38. The first kappa shape index (κ1) is 18.2. The molecule has 1 heterocycles. The number of tetrazole rings is 1. The van der Waals surface area contributed by atoms with Gasteiger partial charge in [-0.2, -0.15) is 17.9 Å². The van der Waals surface area contributed by atoms with E-state index in [-0.39, 0.29) is 12.2 Å². The van der Waals surface area contributed by atoms with Crippen LogP contribution in [0.5, 0.6) is 0 Å². The molecule has 1 amide bonds. The molecule has 0 saturated heterocycles. The summed E-state index contributed by atoms with van der Waals surface area (Å²) in [5, 5.41) is 11.7. The molecule has 0 saturated carbocycles. The monoisotopic (exact) mass is 361 g/mol. The van der Waals surface area contributed by atoms with Crippen LogP contribution in [0, 0.1) is 0 Å². The van der Waals surface area contributed by atoms with Crippen LogP contribution in [0.2, 0.25) is 5.02 Å². The van der Waals surface area contributed by atoms with Gasteiger partial charge in [-0.1, -0.05) is 18.5 Å². The van der Waals surface area contributed by atoms with E-state index in [2.05, 4.69) is 15.5 Å². The summed E-state index contributed by atoms with van der Waals surface area (Å²) < 4.78 is 39.7. The van der Waals surface area contributed by atoms with Crippen molar-refractivity contribution in [2.75, 3.05) is 7.05 Å². The number of hydrogen-bond donors (Lipinski definition) is 0. The smallest absolute Gasteiger partial charge is 0.325 e. The first-order chi connectivity index (χ1) is 11.1.